The van der Waals surface area contributed by atoms with Crippen LogP contribution in [0.15, 0.2) is 12.3 Å². The maximum absolute atomic E-state index is 13.5. The zero-order chi connectivity index (χ0) is 31.6. The molecule has 0 radical (unpaired) electrons. The predicted octanol–water partition coefficient (Wildman–Crippen LogP) is 5.86. The number of esters is 1. The number of fused-ring (bicyclic) bond motifs is 2. The minimum Gasteiger partial charge on any atom is -0.438 e. The molecule has 16 heteroatoms. The average molecular weight is 675 g/mol. The second-order valence-electron chi connectivity index (χ2n) is 11.6. The molecule has 242 valence electrons. The highest BCUT2D eigenvalue weighted by Crippen LogP contribution is 2.49. The number of hydrogen-bond donors (Lipinski definition) is 2. The van der Waals surface area contributed by atoms with Crippen LogP contribution in [0.1, 0.15) is 71.1 Å². The first-order valence-corrected chi connectivity index (χ1v) is 17.9. The van der Waals surface area contributed by atoms with Gasteiger partial charge in [0, 0.05) is 29.8 Å². The summed E-state index contributed by atoms with van der Waals surface area (Å²) in [4.78, 5) is 26.5. The lowest BCUT2D eigenvalue weighted by Gasteiger charge is -2.31. The van der Waals surface area contributed by atoms with E-state index in [4.69, 9.17) is 35.1 Å². The van der Waals surface area contributed by atoms with Crippen molar-refractivity contribution in [1.29, 1.82) is 5.26 Å². The molecule has 1 unspecified atom stereocenters. The molecule has 0 bridgehead atoms. The smallest absolute Gasteiger partial charge is 0.340 e. The summed E-state index contributed by atoms with van der Waals surface area (Å²) >= 11 is 7.59. The Morgan fingerprint density at radius 2 is 2.11 bits per heavy atom. The van der Waals surface area contributed by atoms with Gasteiger partial charge in [-0.3, -0.25) is 13.9 Å². The molecule has 0 aromatic carbocycles. The average Bonchev–Trinajstić information content (AvgIpc) is 3.58. The third-order valence-corrected chi connectivity index (χ3v) is 11.1. The second kappa shape index (κ2) is 13.8. The molecule has 2 aliphatic heterocycles. The number of aromatic nitrogens is 2. The fourth-order valence-corrected chi connectivity index (χ4v) is 8.15. The van der Waals surface area contributed by atoms with E-state index in [1.807, 2.05) is 6.92 Å². The Balaban J connectivity index is 1.26. The van der Waals surface area contributed by atoms with E-state index in [0.29, 0.717) is 36.0 Å². The summed E-state index contributed by atoms with van der Waals surface area (Å²) in [5, 5.41) is 13.7. The molecule has 3 fully saturated rings. The molecule has 44 heavy (non-hydrogen) atoms. The molecule has 5 rings (SSSR count). The summed E-state index contributed by atoms with van der Waals surface area (Å²) in [6.45, 7) is 5.03. The summed E-state index contributed by atoms with van der Waals surface area (Å²) in [6.07, 6.45) is 2.14. The molecular weight excluding hydrogens is 638 g/mol. The number of carbonyl (C=O) groups excluding carboxylic acids is 1. The lowest BCUT2D eigenvalue weighted by Crippen LogP contribution is -2.36. The number of nitrogens with zero attached hydrogens (tertiary/aromatic N) is 3. The third kappa shape index (κ3) is 7.53. The van der Waals surface area contributed by atoms with Crippen LogP contribution in [0.25, 0.3) is 11.0 Å². The number of pyridine rings is 1. The van der Waals surface area contributed by atoms with E-state index < -0.39 is 56.9 Å². The van der Waals surface area contributed by atoms with Crippen LogP contribution in [-0.2, 0) is 32.8 Å². The summed E-state index contributed by atoms with van der Waals surface area (Å²) in [6, 6.07) is 3.78. The van der Waals surface area contributed by atoms with Gasteiger partial charge >= 0.3 is 13.6 Å². The van der Waals surface area contributed by atoms with Gasteiger partial charge in [-0.2, -0.15) is 5.26 Å². The van der Waals surface area contributed by atoms with Gasteiger partial charge < -0.3 is 33.7 Å². The van der Waals surface area contributed by atoms with Gasteiger partial charge in [-0.1, -0.05) is 31.4 Å². The fraction of sp³-hybridized carbons (Fsp3) is 0.679. The van der Waals surface area contributed by atoms with Gasteiger partial charge in [0.05, 0.1) is 17.3 Å². The lowest BCUT2D eigenvalue weighted by atomic mass is 9.90. The topological polar surface area (TPSA) is 154 Å². The van der Waals surface area contributed by atoms with Crippen molar-refractivity contribution in [1.82, 2.24) is 9.55 Å². The van der Waals surface area contributed by atoms with E-state index in [9.17, 15) is 23.9 Å². The summed E-state index contributed by atoms with van der Waals surface area (Å²) in [5.74, 6) is -1.09. The highest BCUT2D eigenvalue weighted by molar-refractivity contribution is 8.04. The zero-order valence-corrected chi connectivity index (χ0v) is 27.2. The van der Waals surface area contributed by atoms with Crippen LogP contribution in [0, 0.1) is 11.3 Å². The van der Waals surface area contributed by atoms with Gasteiger partial charge in [0.15, 0.2) is 17.2 Å². The predicted molar refractivity (Wildman–Crippen MR) is 162 cm³/mol. The number of alkyl halides is 1. The van der Waals surface area contributed by atoms with Gasteiger partial charge in [0.2, 0.25) is 6.79 Å². The largest absolute Gasteiger partial charge is 0.438 e. The molecule has 2 N–H and O–H groups in total. The number of nitrogens with one attached hydrogen (secondary N) is 1. The van der Waals surface area contributed by atoms with Gasteiger partial charge in [-0.15, -0.1) is 11.8 Å². The van der Waals surface area contributed by atoms with E-state index in [0.717, 1.165) is 24.6 Å². The Morgan fingerprint density at radius 1 is 1.36 bits per heavy atom. The van der Waals surface area contributed by atoms with Crippen molar-refractivity contribution in [2.24, 2.45) is 0 Å². The Kier molecular flexibility index (Phi) is 10.5. The quantitative estimate of drug-likeness (QED) is 0.0810. The second-order valence-corrected chi connectivity index (χ2v) is 15.3. The van der Waals surface area contributed by atoms with Crippen molar-refractivity contribution < 1.29 is 42.1 Å². The van der Waals surface area contributed by atoms with Crippen molar-refractivity contribution in [3.8, 4) is 6.07 Å². The van der Waals surface area contributed by atoms with Gasteiger partial charge in [0.1, 0.15) is 35.7 Å². The molecule has 0 spiro atoms. The maximum atomic E-state index is 13.5. The minimum atomic E-state index is -4.05. The standard InChI is InChI=1S/C28H37ClFN4O8PS/c1-4-5-6-7-21(35)38-14-39-43(36,37)15-44-13-20-23-24(42-28(2,3)41-23)27(40-20)34-9-8-18-22(32-17-10-16(30)11-17)19(12-31)25(29)33-26(18)34/h8-9,16-17,20,23-24,27H,4-7,10-11,13-15H2,1-3H3,(H,32,33)(H,36,37)/t16?,17?,20-,23-,24-,27-/m1/s1. The number of hydrogen-bond acceptors (Lipinski definition) is 11. The summed E-state index contributed by atoms with van der Waals surface area (Å²) in [5.41, 5.74) is 0.884. The van der Waals surface area contributed by atoms with E-state index >= 15 is 0 Å². The van der Waals surface area contributed by atoms with Crippen molar-refractivity contribution in [3.05, 3.63) is 23.0 Å². The minimum absolute atomic E-state index is 0.00878. The number of halogens is 2. The van der Waals surface area contributed by atoms with Crippen LogP contribution in [0.4, 0.5) is 10.1 Å². The molecule has 4 heterocycles. The number of carbonyl (C=O) groups is 1. The van der Waals surface area contributed by atoms with Gasteiger partial charge in [-0.25, -0.2) is 9.37 Å². The van der Waals surface area contributed by atoms with E-state index in [1.54, 1.807) is 30.7 Å². The number of anilines is 1. The Bertz CT molecular complexity index is 1450. The molecule has 3 aliphatic rings. The van der Waals surface area contributed by atoms with E-state index in [-0.39, 0.29) is 34.4 Å². The molecule has 5 atom stereocenters. The van der Waals surface area contributed by atoms with Crippen molar-refractivity contribution in [2.75, 3.05) is 23.4 Å². The first-order chi connectivity index (χ1) is 20.9. The summed E-state index contributed by atoms with van der Waals surface area (Å²) < 4.78 is 56.5. The molecule has 12 nitrogen and oxygen atoms in total. The normalized spacial score (nSPS) is 28.7. The molecule has 2 aromatic heterocycles. The highest BCUT2D eigenvalue weighted by atomic mass is 35.5. The molecule has 1 aliphatic carbocycles. The van der Waals surface area contributed by atoms with Crippen molar-refractivity contribution in [3.63, 3.8) is 0 Å². The number of ether oxygens (including phenoxy) is 4. The monoisotopic (exact) mass is 674 g/mol. The Hall–Kier alpha value is -1.95. The first kappa shape index (κ1) is 33.4. The Morgan fingerprint density at radius 3 is 2.82 bits per heavy atom. The molecule has 2 saturated heterocycles. The van der Waals surface area contributed by atoms with E-state index in [2.05, 4.69) is 16.4 Å². The van der Waals surface area contributed by atoms with E-state index in [1.165, 1.54) is 0 Å². The number of thioether (sulfide) groups is 1. The van der Waals surface area contributed by atoms with Crippen LogP contribution in [0.2, 0.25) is 5.15 Å². The van der Waals surface area contributed by atoms with Gasteiger partial charge in [0.25, 0.3) is 0 Å². The molecule has 2 aromatic rings. The summed E-state index contributed by atoms with van der Waals surface area (Å²) in [7, 11) is -4.05. The Labute approximate surface area is 264 Å². The fourth-order valence-electron chi connectivity index (χ4n) is 5.57. The molecule has 1 saturated carbocycles. The maximum Gasteiger partial charge on any atom is 0.340 e. The third-order valence-electron chi connectivity index (χ3n) is 7.75. The van der Waals surface area contributed by atoms with Crippen molar-refractivity contribution in [2.45, 2.75) is 102 Å². The molecular formula is C28H37ClFN4O8PS. The van der Waals surface area contributed by atoms with Crippen molar-refractivity contribution >= 4 is 53.6 Å². The van der Waals surface area contributed by atoms with Gasteiger partial charge in [-0.05, 0) is 39.2 Å². The zero-order valence-electron chi connectivity index (χ0n) is 24.7. The van der Waals surface area contributed by atoms with Crippen LogP contribution in [-0.4, -0.2) is 74.8 Å². The van der Waals surface area contributed by atoms with Crippen LogP contribution >= 0.6 is 31.0 Å². The first-order valence-electron chi connectivity index (χ1n) is 14.6. The van der Waals surface area contributed by atoms with Crippen LogP contribution in [0.3, 0.4) is 0 Å². The lowest BCUT2D eigenvalue weighted by molar-refractivity contribution is -0.193. The number of unbranched alkanes of at least 4 members (excludes halogenated alkanes) is 2. The number of rotatable bonds is 14. The van der Waals surface area contributed by atoms with Crippen LogP contribution < -0.4 is 5.32 Å². The van der Waals surface area contributed by atoms with Crippen LogP contribution in [0.5, 0.6) is 0 Å². The number of nitriles is 1. The highest BCUT2D eigenvalue weighted by Gasteiger charge is 2.56. The SMILES string of the molecule is CCCCCC(=O)OCOP(=O)(O)CSC[C@H]1O[C@@H](n2ccc3c(NC4CC(F)C4)c(C#N)c(Cl)nc32)[C@@H]2OC(C)(C)O[C@@H]21. The molecule has 0 amide bonds.